The van der Waals surface area contributed by atoms with Crippen molar-refractivity contribution in [3.63, 3.8) is 0 Å². The maximum Gasteiger partial charge on any atom is 0.410 e. The Morgan fingerprint density at radius 1 is 0.787 bits per heavy atom. The number of nitrogens with one attached hydrogen (secondary N) is 3. The molecule has 3 aromatic heterocycles. The molecular weight excluding hydrogens is 611 g/mol. The minimum Gasteiger partial charge on any atom is -0.444 e. The van der Waals surface area contributed by atoms with Crippen LogP contribution in [-0.2, 0) is 4.74 Å². The second-order valence-electron chi connectivity index (χ2n) is 14.7. The Labute approximate surface area is 278 Å². The zero-order chi connectivity index (χ0) is 33.1. The van der Waals surface area contributed by atoms with E-state index < -0.39 is 5.60 Å². The fourth-order valence-electron chi connectivity index (χ4n) is 6.61. The van der Waals surface area contributed by atoms with E-state index in [1.54, 1.807) is 16.2 Å². The van der Waals surface area contributed by atoms with Gasteiger partial charge < -0.3 is 24.9 Å². The van der Waals surface area contributed by atoms with Crippen LogP contribution in [0.4, 0.5) is 9.59 Å². The van der Waals surface area contributed by atoms with Crippen molar-refractivity contribution >= 4 is 45.5 Å². The molecule has 2 atom stereocenters. The highest BCUT2D eigenvalue weighted by molar-refractivity contribution is 7.18. The van der Waals surface area contributed by atoms with Crippen LogP contribution >= 0.6 is 11.3 Å². The third kappa shape index (κ3) is 6.45. The maximum absolute atomic E-state index is 13.0. The zero-order valence-electron chi connectivity index (χ0n) is 27.9. The normalized spacial score (nSPS) is 18.9. The molecule has 47 heavy (non-hydrogen) atoms. The number of fused-ring (bicyclic) bond motifs is 2. The number of carbonyl (C=O) groups is 2. The number of hydrogen-bond acceptors (Lipinski definition) is 6. The molecule has 7 rings (SSSR count). The average Bonchev–Trinajstić information content (AvgIpc) is 3.82. The fourth-order valence-corrected chi connectivity index (χ4v) is 7.60. The lowest BCUT2D eigenvalue weighted by atomic mass is 10.1. The molecule has 0 bridgehead atoms. The molecular formula is C36H43N7O3S. The molecule has 0 aliphatic carbocycles. The van der Waals surface area contributed by atoms with Gasteiger partial charge in [0.2, 0.25) is 0 Å². The summed E-state index contributed by atoms with van der Waals surface area (Å²) in [7, 11) is 0. The summed E-state index contributed by atoms with van der Waals surface area (Å²) in [5.74, 6) is 1.64. The topological polar surface area (TPSA) is 119 Å². The molecule has 3 amide bonds. The lowest BCUT2D eigenvalue weighted by Crippen LogP contribution is -2.48. The number of thiophene rings is 1. The van der Waals surface area contributed by atoms with Gasteiger partial charge in [0.1, 0.15) is 17.2 Å². The predicted molar refractivity (Wildman–Crippen MR) is 186 cm³/mol. The van der Waals surface area contributed by atoms with Crippen molar-refractivity contribution in [3.8, 4) is 20.9 Å². The molecule has 3 N–H and O–H groups in total. The number of nitrogens with zero attached hydrogens (tertiary/aromatic N) is 4. The number of aromatic nitrogens is 4. The van der Waals surface area contributed by atoms with Gasteiger partial charge in [0.15, 0.2) is 0 Å². The van der Waals surface area contributed by atoms with E-state index in [1.165, 1.54) is 0 Å². The van der Waals surface area contributed by atoms with Gasteiger partial charge in [-0.05, 0) is 115 Å². The third-order valence-electron chi connectivity index (χ3n) is 8.68. The second-order valence-corrected chi connectivity index (χ2v) is 15.8. The third-order valence-corrected chi connectivity index (χ3v) is 9.87. The van der Waals surface area contributed by atoms with E-state index in [0.717, 1.165) is 86.8 Å². The number of ether oxygens (including phenoxy) is 1. The molecule has 2 unspecified atom stereocenters. The van der Waals surface area contributed by atoms with Gasteiger partial charge in [-0.3, -0.25) is 4.90 Å². The number of aromatic amines is 2. The van der Waals surface area contributed by atoms with Gasteiger partial charge >= 0.3 is 12.1 Å². The van der Waals surface area contributed by atoms with Gasteiger partial charge in [-0.2, -0.15) is 0 Å². The van der Waals surface area contributed by atoms with E-state index in [1.807, 2.05) is 52.5 Å². The van der Waals surface area contributed by atoms with Crippen molar-refractivity contribution in [1.82, 2.24) is 35.1 Å². The molecule has 246 valence electrons. The Morgan fingerprint density at radius 3 is 1.81 bits per heavy atom. The number of hydrogen-bond donors (Lipinski definition) is 3. The summed E-state index contributed by atoms with van der Waals surface area (Å²) in [6, 6.07) is 16.7. The molecule has 2 aromatic carbocycles. The SMILES string of the molecule is CC(C)(C)NC(=O)N1CCCC1c1nc2ccc(-c3ccc(-c4ccc5nc(C6CCCN6C(=O)OC(C)(C)C)[nH]c5c4)s3)cc2[nH]1. The van der Waals surface area contributed by atoms with E-state index in [4.69, 9.17) is 14.7 Å². The van der Waals surface area contributed by atoms with E-state index in [0.29, 0.717) is 6.54 Å². The maximum atomic E-state index is 13.0. The van der Waals surface area contributed by atoms with Crippen LogP contribution in [0.1, 0.15) is 91.0 Å². The number of rotatable bonds is 4. The Balaban J connectivity index is 1.10. The van der Waals surface area contributed by atoms with Crippen molar-refractivity contribution in [3.05, 3.63) is 60.2 Å². The Morgan fingerprint density at radius 2 is 1.30 bits per heavy atom. The Kier molecular flexibility index (Phi) is 7.77. The average molecular weight is 654 g/mol. The molecule has 2 aliphatic rings. The van der Waals surface area contributed by atoms with Crippen molar-refractivity contribution < 1.29 is 14.3 Å². The van der Waals surface area contributed by atoms with Crippen LogP contribution in [-0.4, -0.2) is 66.1 Å². The number of carbonyl (C=O) groups excluding carboxylic acids is 2. The second kappa shape index (κ2) is 11.7. The van der Waals surface area contributed by atoms with Gasteiger partial charge in [-0.1, -0.05) is 12.1 Å². The monoisotopic (exact) mass is 653 g/mol. The van der Waals surface area contributed by atoms with Gasteiger partial charge in [0, 0.05) is 28.4 Å². The Bertz CT molecular complexity index is 1820. The molecule has 11 heteroatoms. The highest BCUT2D eigenvalue weighted by atomic mass is 32.1. The number of amides is 3. The molecule has 0 spiro atoms. The van der Waals surface area contributed by atoms with Crippen LogP contribution in [0, 0.1) is 0 Å². The molecule has 10 nitrogen and oxygen atoms in total. The van der Waals surface area contributed by atoms with Gasteiger partial charge in [0.05, 0.1) is 34.2 Å². The minimum absolute atomic E-state index is 0.0434. The summed E-state index contributed by atoms with van der Waals surface area (Å²) in [6.07, 6.45) is 3.33. The highest BCUT2D eigenvalue weighted by Gasteiger charge is 2.35. The predicted octanol–water partition coefficient (Wildman–Crippen LogP) is 8.55. The first-order chi connectivity index (χ1) is 22.3. The first kappa shape index (κ1) is 31.2. The van der Waals surface area contributed by atoms with Crippen LogP contribution in [0.5, 0.6) is 0 Å². The molecule has 0 saturated carbocycles. The van der Waals surface area contributed by atoms with Gasteiger partial charge in [0.25, 0.3) is 0 Å². The summed E-state index contributed by atoms with van der Waals surface area (Å²) in [6.45, 7) is 13.1. The van der Waals surface area contributed by atoms with Crippen molar-refractivity contribution in [2.75, 3.05) is 13.1 Å². The van der Waals surface area contributed by atoms with Gasteiger partial charge in [-0.25, -0.2) is 19.6 Å². The quantitative estimate of drug-likeness (QED) is 0.180. The Hall–Kier alpha value is -4.38. The number of benzene rings is 2. The summed E-state index contributed by atoms with van der Waals surface area (Å²) in [5.41, 5.74) is 5.10. The van der Waals surface area contributed by atoms with Crippen LogP contribution in [0.25, 0.3) is 42.9 Å². The number of imidazole rings is 2. The molecule has 5 aromatic rings. The van der Waals surface area contributed by atoms with E-state index in [2.05, 4.69) is 57.7 Å². The fraction of sp³-hybridized carbons (Fsp3) is 0.444. The molecule has 0 radical (unpaired) electrons. The largest absolute Gasteiger partial charge is 0.444 e. The summed E-state index contributed by atoms with van der Waals surface area (Å²) >= 11 is 1.74. The molecule has 2 fully saturated rings. The number of urea groups is 1. The van der Waals surface area contributed by atoms with E-state index in [-0.39, 0.29) is 29.7 Å². The zero-order valence-corrected chi connectivity index (χ0v) is 28.8. The number of H-pyrrole nitrogens is 2. The summed E-state index contributed by atoms with van der Waals surface area (Å²) < 4.78 is 5.66. The van der Waals surface area contributed by atoms with E-state index in [9.17, 15) is 9.59 Å². The van der Waals surface area contributed by atoms with Crippen LogP contribution in [0.2, 0.25) is 0 Å². The minimum atomic E-state index is -0.539. The summed E-state index contributed by atoms with van der Waals surface area (Å²) in [5, 5.41) is 3.10. The van der Waals surface area contributed by atoms with Crippen LogP contribution < -0.4 is 5.32 Å². The van der Waals surface area contributed by atoms with Crippen molar-refractivity contribution in [2.24, 2.45) is 0 Å². The van der Waals surface area contributed by atoms with Crippen LogP contribution in [0.3, 0.4) is 0 Å². The molecule has 2 saturated heterocycles. The van der Waals surface area contributed by atoms with Crippen molar-refractivity contribution in [2.45, 2.75) is 90.4 Å². The molecule has 5 heterocycles. The summed E-state index contributed by atoms with van der Waals surface area (Å²) in [4.78, 5) is 48.7. The van der Waals surface area contributed by atoms with Crippen molar-refractivity contribution in [1.29, 1.82) is 0 Å². The standard InChI is InChI=1S/C36H43N7O3S/c1-35(2,3)41-33(44)42-17-7-9-27(42)31-37-23-13-11-21(19-25(23)39-31)29-15-16-30(47-29)22-12-14-24-26(20-22)40-32(38-24)28-10-8-18-43(28)34(45)46-36(4,5)6/h11-16,19-20,27-28H,7-10,17-18H2,1-6H3,(H,37,39)(H,38,40)(H,41,44). The van der Waals surface area contributed by atoms with Gasteiger partial charge in [-0.15, -0.1) is 11.3 Å². The smallest absolute Gasteiger partial charge is 0.410 e. The molecule has 2 aliphatic heterocycles. The first-order valence-electron chi connectivity index (χ1n) is 16.5. The number of likely N-dealkylation sites (tertiary alicyclic amines) is 2. The van der Waals surface area contributed by atoms with Crippen LogP contribution in [0.15, 0.2) is 48.5 Å². The first-order valence-corrected chi connectivity index (χ1v) is 17.3. The lowest BCUT2D eigenvalue weighted by molar-refractivity contribution is 0.0219. The highest BCUT2D eigenvalue weighted by Crippen LogP contribution is 2.38. The lowest BCUT2D eigenvalue weighted by Gasteiger charge is -2.28. The van der Waals surface area contributed by atoms with E-state index >= 15 is 0 Å².